The van der Waals surface area contributed by atoms with Gasteiger partial charge in [0, 0.05) is 43.8 Å². The molecule has 5 heteroatoms. The molecule has 2 aromatic heterocycles. The number of fused-ring (bicyclic) bond motifs is 1. The summed E-state index contributed by atoms with van der Waals surface area (Å²) in [6, 6.07) is 10.1. The van der Waals surface area contributed by atoms with E-state index < -0.39 is 0 Å². The summed E-state index contributed by atoms with van der Waals surface area (Å²) in [6.45, 7) is 0. The summed E-state index contributed by atoms with van der Waals surface area (Å²) in [6.07, 6.45) is 3.77. The highest BCUT2D eigenvalue weighted by Crippen LogP contribution is 2.22. The lowest BCUT2D eigenvalue weighted by molar-refractivity contribution is 0.947. The Balaban J connectivity index is 2.03. The number of nitrogen functional groups attached to an aromatic ring is 1. The highest BCUT2D eigenvalue weighted by molar-refractivity contribution is 5.66. The maximum Gasteiger partial charge on any atom is 0.157 e. The molecule has 0 bridgehead atoms. The SMILES string of the molecule is CN(C)c1ccc(-c2cnc3cc(N)nn3c2)cc1. The molecule has 0 saturated carbocycles. The van der Waals surface area contributed by atoms with Crippen molar-refractivity contribution in [1.29, 1.82) is 0 Å². The zero-order valence-corrected chi connectivity index (χ0v) is 10.9. The van der Waals surface area contributed by atoms with E-state index in [1.807, 2.05) is 26.5 Å². The van der Waals surface area contributed by atoms with Gasteiger partial charge in [-0.2, -0.15) is 0 Å². The van der Waals surface area contributed by atoms with Gasteiger partial charge in [-0.1, -0.05) is 12.1 Å². The van der Waals surface area contributed by atoms with Crippen LogP contribution in [-0.4, -0.2) is 28.7 Å². The van der Waals surface area contributed by atoms with Crippen LogP contribution in [0.3, 0.4) is 0 Å². The van der Waals surface area contributed by atoms with Gasteiger partial charge in [-0.05, 0) is 17.7 Å². The molecule has 2 heterocycles. The lowest BCUT2D eigenvalue weighted by Crippen LogP contribution is -2.07. The predicted molar refractivity (Wildman–Crippen MR) is 77.2 cm³/mol. The van der Waals surface area contributed by atoms with Crippen molar-refractivity contribution in [3.8, 4) is 11.1 Å². The van der Waals surface area contributed by atoms with Crippen LogP contribution >= 0.6 is 0 Å². The van der Waals surface area contributed by atoms with E-state index >= 15 is 0 Å². The van der Waals surface area contributed by atoms with Crippen LogP contribution in [0.25, 0.3) is 16.8 Å². The second-order valence-electron chi connectivity index (χ2n) is 4.66. The van der Waals surface area contributed by atoms with E-state index in [-0.39, 0.29) is 0 Å². The zero-order valence-electron chi connectivity index (χ0n) is 10.9. The zero-order chi connectivity index (χ0) is 13.4. The largest absolute Gasteiger partial charge is 0.382 e. The first-order chi connectivity index (χ1) is 9.13. The third kappa shape index (κ3) is 2.10. The number of hydrogen-bond acceptors (Lipinski definition) is 4. The van der Waals surface area contributed by atoms with Crippen molar-refractivity contribution in [3.63, 3.8) is 0 Å². The van der Waals surface area contributed by atoms with Crippen LogP contribution in [-0.2, 0) is 0 Å². The topological polar surface area (TPSA) is 59.5 Å². The second kappa shape index (κ2) is 4.28. The fourth-order valence-electron chi connectivity index (χ4n) is 2.00. The van der Waals surface area contributed by atoms with Crippen LogP contribution in [0.15, 0.2) is 42.7 Å². The summed E-state index contributed by atoms with van der Waals surface area (Å²) in [7, 11) is 4.05. The molecule has 0 spiro atoms. The Hall–Kier alpha value is -2.56. The molecule has 0 saturated heterocycles. The number of anilines is 2. The fraction of sp³-hybridized carbons (Fsp3) is 0.143. The van der Waals surface area contributed by atoms with Gasteiger partial charge in [0.15, 0.2) is 5.65 Å². The first-order valence-electron chi connectivity index (χ1n) is 6.02. The van der Waals surface area contributed by atoms with Gasteiger partial charge in [0.1, 0.15) is 5.82 Å². The van der Waals surface area contributed by atoms with Crippen LogP contribution < -0.4 is 10.6 Å². The van der Waals surface area contributed by atoms with Gasteiger partial charge in [0.2, 0.25) is 0 Å². The van der Waals surface area contributed by atoms with Crippen LogP contribution in [0, 0.1) is 0 Å². The Labute approximate surface area is 111 Å². The number of nitrogens with zero attached hydrogens (tertiary/aromatic N) is 4. The van der Waals surface area contributed by atoms with Gasteiger partial charge >= 0.3 is 0 Å². The molecule has 0 aliphatic rings. The van der Waals surface area contributed by atoms with Gasteiger partial charge in [-0.25, -0.2) is 9.50 Å². The Morgan fingerprint density at radius 1 is 1.11 bits per heavy atom. The Morgan fingerprint density at radius 2 is 1.84 bits per heavy atom. The van der Waals surface area contributed by atoms with Crippen molar-refractivity contribution < 1.29 is 0 Å². The van der Waals surface area contributed by atoms with Gasteiger partial charge in [-0.15, -0.1) is 5.10 Å². The van der Waals surface area contributed by atoms with Crippen molar-refractivity contribution in [2.45, 2.75) is 0 Å². The van der Waals surface area contributed by atoms with Crippen LogP contribution in [0.1, 0.15) is 0 Å². The van der Waals surface area contributed by atoms with E-state index in [2.05, 4.69) is 39.2 Å². The number of hydrogen-bond donors (Lipinski definition) is 1. The molecular weight excluding hydrogens is 238 g/mol. The fourth-order valence-corrected chi connectivity index (χ4v) is 2.00. The molecule has 19 heavy (non-hydrogen) atoms. The molecule has 0 aliphatic heterocycles. The molecule has 0 fully saturated rings. The van der Waals surface area contributed by atoms with Crippen molar-refractivity contribution in [2.75, 3.05) is 24.7 Å². The van der Waals surface area contributed by atoms with E-state index in [4.69, 9.17) is 5.73 Å². The summed E-state index contributed by atoms with van der Waals surface area (Å²) in [5, 5.41) is 4.17. The minimum atomic E-state index is 0.479. The number of nitrogens with two attached hydrogens (primary N) is 1. The summed E-state index contributed by atoms with van der Waals surface area (Å²) in [5.41, 5.74) is 9.70. The van der Waals surface area contributed by atoms with Crippen molar-refractivity contribution in [2.24, 2.45) is 0 Å². The molecule has 0 atom stereocenters. The highest BCUT2D eigenvalue weighted by Gasteiger charge is 2.04. The average Bonchev–Trinajstić information content (AvgIpc) is 2.77. The first-order valence-corrected chi connectivity index (χ1v) is 6.02. The molecular formula is C14H15N5. The predicted octanol–water partition coefficient (Wildman–Crippen LogP) is 2.04. The monoisotopic (exact) mass is 253 g/mol. The maximum atomic E-state index is 5.66. The minimum absolute atomic E-state index is 0.479. The van der Waals surface area contributed by atoms with Crippen LogP contribution in [0.5, 0.6) is 0 Å². The third-order valence-corrected chi connectivity index (χ3v) is 3.05. The van der Waals surface area contributed by atoms with Crippen molar-refractivity contribution in [3.05, 3.63) is 42.7 Å². The Bertz CT molecular complexity index is 712. The molecule has 5 nitrogen and oxygen atoms in total. The molecule has 0 unspecified atom stereocenters. The molecule has 0 radical (unpaired) electrons. The summed E-state index contributed by atoms with van der Waals surface area (Å²) in [4.78, 5) is 6.41. The van der Waals surface area contributed by atoms with Crippen molar-refractivity contribution >= 4 is 17.2 Å². The van der Waals surface area contributed by atoms with Crippen molar-refractivity contribution in [1.82, 2.24) is 14.6 Å². The Morgan fingerprint density at radius 3 is 2.53 bits per heavy atom. The smallest absolute Gasteiger partial charge is 0.157 e. The molecule has 0 amide bonds. The van der Waals surface area contributed by atoms with E-state index in [0.717, 1.165) is 16.8 Å². The van der Waals surface area contributed by atoms with Gasteiger partial charge in [-0.3, -0.25) is 0 Å². The van der Waals surface area contributed by atoms with E-state index in [1.165, 1.54) is 5.69 Å². The molecule has 2 N–H and O–H groups in total. The van der Waals surface area contributed by atoms with E-state index in [1.54, 1.807) is 10.6 Å². The van der Waals surface area contributed by atoms with E-state index in [0.29, 0.717) is 5.82 Å². The highest BCUT2D eigenvalue weighted by atomic mass is 15.3. The molecule has 96 valence electrons. The number of aromatic nitrogens is 3. The third-order valence-electron chi connectivity index (χ3n) is 3.05. The molecule has 0 aliphatic carbocycles. The Kier molecular flexibility index (Phi) is 2.59. The van der Waals surface area contributed by atoms with Gasteiger partial charge in [0.25, 0.3) is 0 Å². The standard InChI is InChI=1S/C14H15N5/c1-18(2)12-5-3-10(4-6-12)11-8-16-14-7-13(15)17-19(14)9-11/h3-9H,1-2H3,(H2,15,17). The molecule has 3 rings (SSSR count). The summed E-state index contributed by atoms with van der Waals surface area (Å²) in [5.74, 6) is 0.479. The first kappa shape index (κ1) is 11.5. The lowest BCUT2D eigenvalue weighted by Gasteiger charge is -2.12. The number of rotatable bonds is 2. The summed E-state index contributed by atoms with van der Waals surface area (Å²) >= 11 is 0. The lowest BCUT2D eigenvalue weighted by atomic mass is 10.1. The minimum Gasteiger partial charge on any atom is -0.382 e. The quantitative estimate of drug-likeness (QED) is 0.759. The average molecular weight is 253 g/mol. The van der Waals surface area contributed by atoms with Gasteiger partial charge < -0.3 is 10.6 Å². The molecule has 1 aromatic carbocycles. The summed E-state index contributed by atoms with van der Waals surface area (Å²) < 4.78 is 1.70. The van der Waals surface area contributed by atoms with Crippen LogP contribution in [0.2, 0.25) is 0 Å². The van der Waals surface area contributed by atoms with E-state index in [9.17, 15) is 0 Å². The van der Waals surface area contributed by atoms with Gasteiger partial charge in [0.05, 0.1) is 0 Å². The normalized spacial score (nSPS) is 10.8. The van der Waals surface area contributed by atoms with Crippen LogP contribution in [0.4, 0.5) is 11.5 Å². The number of benzene rings is 1. The molecule has 3 aromatic rings. The second-order valence-corrected chi connectivity index (χ2v) is 4.66. The maximum absolute atomic E-state index is 5.66.